The van der Waals surface area contributed by atoms with Crippen molar-refractivity contribution < 1.29 is 9.66 Å². The maximum absolute atomic E-state index is 10.7. The van der Waals surface area contributed by atoms with Gasteiger partial charge in [-0.15, -0.1) is 0 Å². The summed E-state index contributed by atoms with van der Waals surface area (Å²) in [7, 11) is 0. The molecule has 0 saturated heterocycles. The van der Waals surface area contributed by atoms with E-state index in [-0.39, 0.29) is 23.4 Å². The van der Waals surface area contributed by atoms with Gasteiger partial charge in [0.1, 0.15) is 23.5 Å². The number of nitro benzene ring substituents is 1. The van der Waals surface area contributed by atoms with E-state index in [1.54, 1.807) is 12.1 Å². The van der Waals surface area contributed by atoms with Gasteiger partial charge in [0.15, 0.2) is 0 Å². The SMILES string of the molecule is N#Cc1ccc(OC2CC(N)C2)cc1[N+](=O)[O-]. The Labute approximate surface area is 97.7 Å². The molecule has 0 aliphatic heterocycles. The van der Waals surface area contributed by atoms with E-state index in [1.807, 2.05) is 0 Å². The summed E-state index contributed by atoms with van der Waals surface area (Å²) in [6.45, 7) is 0. The van der Waals surface area contributed by atoms with E-state index in [0.29, 0.717) is 5.75 Å². The van der Waals surface area contributed by atoms with E-state index in [9.17, 15) is 10.1 Å². The normalized spacial score (nSPS) is 22.4. The average Bonchev–Trinajstić information content (AvgIpc) is 2.27. The Morgan fingerprint density at radius 1 is 1.53 bits per heavy atom. The minimum absolute atomic E-state index is 0.0255. The van der Waals surface area contributed by atoms with Crippen LogP contribution in [0.4, 0.5) is 5.69 Å². The molecule has 0 bridgehead atoms. The molecule has 0 unspecified atom stereocenters. The van der Waals surface area contributed by atoms with Gasteiger partial charge in [-0.3, -0.25) is 10.1 Å². The van der Waals surface area contributed by atoms with Crippen molar-refractivity contribution in [2.75, 3.05) is 0 Å². The van der Waals surface area contributed by atoms with Crippen molar-refractivity contribution in [3.05, 3.63) is 33.9 Å². The molecule has 1 fully saturated rings. The molecule has 0 amide bonds. The molecule has 1 aromatic carbocycles. The van der Waals surface area contributed by atoms with Crippen LogP contribution in [0, 0.1) is 21.4 Å². The molecular weight excluding hydrogens is 222 g/mol. The largest absolute Gasteiger partial charge is 0.490 e. The fourth-order valence-electron chi connectivity index (χ4n) is 1.73. The second kappa shape index (κ2) is 4.39. The maximum Gasteiger partial charge on any atom is 0.290 e. The molecule has 0 heterocycles. The topological polar surface area (TPSA) is 102 Å². The summed E-state index contributed by atoms with van der Waals surface area (Å²) < 4.78 is 5.52. The number of hydrogen-bond acceptors (Lipinski definition) is 5. The minimum Gasteiger partial charge on any atom is -0.490 e. The summed E-state index contributed by atoms with van der Waals surface area (Å²) in [4.78, 5) is 10.1. The van der Waals surface area contributed by atoms with Crippen LogP contribution in [0.5, 0.6) is 5.75 Å². The molecule has 0 radical (unpaired) electrons. The van der Waals surface area contributed by atoms with Gasteiger partial charge in [-0.1, -0.05) is 0 Å². The first-order chi connectivity index (χ1) is 8.10. The van der Waals surface area contributed by atoms with E-state index in [0.717, 1.165) is 12.8 Å². The van der Waals surface area contributed by atoms with Crippen LogP contribution in [0.15, 0.2) is 18.2 Å². The maximum atomic E-state index is 10.7. The first-order valence-electron chi connectivity index (χ1n) is 5.21. The number of hydrogen-bond donors (Lipinski definition) is 1. The van der Waals surface area contributed by atoms with Crippen molar-refractivity contribution in [1.29, 1.82) is 5.26 Å². The Balaban J connectivity index is 2.17. The van der Waals surface area contributed by atoms with Gasteiger partial charge in [-0.05, 0) is 25.0 Å². The third kappa shape index (κ3) is 2.34. The highest BCUT2D eigenvalue weighted by Crippen LogP contribution is 2.28. The second-order valence-electron chi connectivity index (χ2n) is 4.02. The lowest BCUT2D eigenvalue weighted by Crippen LogP contribution is -2.43. The number of nitrogens with two attached hydrogens (primary N) is 1. The number of nitriles is 1. The Morgan fingerprint density at radius 3 is 2.76 bits per heavy atom. The first-order valence-corrected chi connectivity index (χ1v) is 5.21. The molecule has 17 heavy (non-hydrogen) atoms. The van der Waals surface area contributed by atoms with Crippen LogP contribution in [0.2, 0.25) is 0 Å². The molecule has 2 N–H and O–H groups in total. The quantitative estimate of drug-likeness (QED) is 0.626. The summed E-state index contributed by atoms with van der Waals surface area (Å²) in [5, 5.41) is 19.5. The molecule has 1 aliphatic rings. The van der Waals surface area contributed by atoms with Gasteiger partial charge in [0.05, 0.1) is 11.0 Å². The van der Waals surface area contributed by atoms with E-state index in [2.05, 4.69) is 0 Å². The lowest BCUT2D eigenvalue weighted by molar-refractivity contribution is -0.385. The molecule has 1 aliphatic carbocycles. The van der Waals surface area contributed by atoms with Crippen LogP contribution in [-0.2, 0) is 0 Å². The molecule has 88 valence electrons. The lowest BCUT2D eigenvalue weighted by atomic mass is 9.90. The molecule has 0 aromatic heterocycles. The zero-order valence-electron chi connectivity index (χ0n) is 9.00. The molecular formula is C11H11N3O3. The molecule has 1 saturated carbocycles. The second-order valence-corrected chi connectivity index (χ2v) is 4.02. The average molecular weight is 233 g/mol. The van der Waals surface area contributed by atoms with Crippen molar-refractivity contribution in [1.82, 2.24) is 0 Å². The van der Waals surface area contributed by atoms with Gasteiger partial charge < -0.3 is 10.5 Å². The number of rotatable bonds is 3. The predicted molar refractivity (Wildman–Crippen MR) is 59.4 cm³/mol. The van der Waals surface area contributed by atoms with Crippen molar-refractivity contribution in [2.45, 2.75) is 25.0 Å². The van der Waals surface area contributed by atoms with Gasteiger partial charge in [0.25, 0.3) is 5.69 Å². The Hall–Kier alpha value is -2.13. The van der Waals surface area contributed by atoms with Crippen LogP contribution in [0.1, 0.15) is 18.4 Å². The number of nitro groups is 1. The third-order valence-electron chi connectivity index (χ3n) is 2.72. The summed E-state index contributed by atoms with van der Waals surface area (Å²) in [6.07, 6.45) is 1.54. The number of ether oxygens (including phenoxy) is 1. The van der Waals surface area contributed by atoms with E-state index < -0.39 is 4.92 Å². The van der Waals surface area contributed by atoms with Crippen molar-refractivity contribution >= 4 is 5.69 Å². The first kappa shape index (κ1) is 11.4. The highest BCUT2D eigenvalue weighted by atomic mass is 16.6. The van der Waals surface area contributed by atoms with Crippen LogP contribution in [0.3, 0.4) is 0 Å². The smallest absolute Gasteiger partial charge is 0.290 e. The Kier molecular flexibility index (Phi) is 2.93. The number of nitrogens with zero attached hydrogens (tertiary/aromatic N) is 2. The zero-order chi connectivity index (χ0) is 12.4. The van der Waals surface area contributed by atoms with Gasteiger partial charge in [0.2, 0.25) is 0 Å². The van der Waals surface area contributed by atoms with E-state index >= 15 is 0 Å². The summed E-state index contributed by atoms with van der Waals surface area (Å²) in [5.41, 5.74) is 5.42. The standard InChI is InChI=1S/C11H11N3O3/c12-6-7-1-2-9(5-11(7)14(15)16)17-10-3-8(13)4-10/h1-2,5,8,10H,3-4,13H2. The third-order valence-corrected chi connectivity index (χ3v) is 2.72. The van der Waals surface area contributed by atoms with Gasteiger partial charge in [-0.2, -0.15) is 5.26 Å². The predicted octanol–water partition coefficient (Wildman–Crippen LogP) is 1.33. The van der Waals surface area contributed by atoms with Crippen molar-refractivity contribution in [2.24, 2.45) is 5.73 Å². The number of benzene rings is 1. The molecule has 2 rings (SSSR count). The molecule has 0 atom stereocenters. The van der Waals surface area contributed by atoms with Crippen LogP contribution < -0.4 is 10.5 Å². The van der Waals surface area contributed by atoms with Crippen molar-refractivity contribution in [3.8, 4) is 11.8 Å². The molecule has 0 spiro atoms. The zero-order valence-corrected chi connectivity index (χ0v) is 9.00. The van der Waals surface area contributed by atoms with Gasteiger partial charge in [-0.25, -0.2) is 0 Å². The summed E-state index contributed by atoms with van der Waals surface area (Å²) in [6, 6.07) is 6.18. The Bertz CT molecular complexity index is 489. The van der Waals surface area contributed by atoms with Gasteiger partial charge in [0, 0.05) is 6.04 Å². The highest BCUT2D eigenvalue weighted by Gasteiger charge is 2.28. The monoisotopic (exact) mass is 233 g/mol. The van der Waals surface area contributed by atoms with Crippen LogP contribution >= 0.6 is 0 Å². The summed E-state index contributed by atoms with van der Waals surface area (Å²) in [5.74, 6) is 0.410. The molecule has 1 aromatic rings. The van der Waals surface area contributed by atoms with Gasteiger partial charge >= 0.3 is 0 Å². The minimum atomic E-state index is -0.585. The van der Waals surface area contributed by atoms with E-state index in [4.69, 9.17) is 15.7 Å². The van der Waals surface area contributed by atoms with Crippen LogP contribution in [-0.4, -0.2) is 17.1 Å². The summed E-state index contributed by atoms with van der Waals surface area (Å²) >= 11 is 0. The Morgan fingerprint density at radius 2 is 2.24 bits per heavy atom. The van der Waals surface area contributed by atoms with E-state index in [1.165, 1.54) is 12.1 Å². The van der Waals surface area contributed by atoms with Crippen LogP contribution in [0.25, 0.3) is 0 Å². The lowest BCUT2D eigenvalue weighted by Gasteiger charge is -2.32. The fraction of sp³-hybridized carbons (Fsp3) is 0.364. The molecule has 6 nitrogen and oxygen atoms in total. The van der Waals surface area contributed by atoms with Crippen molar-refractivity contribution in [3.63, 3.8) is 0 Å². The fourth-order valence-corrected chi connectivity index (χ4v) is 1.73. The molecule has 6 heteroatoms. The highest BCUT2D eigenvalue weighted by molar-refractivity contribution is 5.52.